The van der Waals surface area contributed by atoms with E-state index in [1.807, 2.05) is 0 Å². The lowest BCUT2D eigenvalue weighted by molar-refractivity contribution is -0.385. The molecule has 0 fully saturated rings. The van der Waals surface area contributed by atoms with Crippen LogP contribution in [0.5, 0.6) is 0 Å². The van der Waals surface area contributed by atoms with E-state index in [2.05, 4.69) is 10.6 Å². The fraction of sp³-hybridized carbons (Fsp3) is 0. The second-order valence-corrected chi connectivity index (χ2v) is 6.60. The summed E-state index contributed by atoms with van der Waals surface area (Å²) >= 11 is 0. The van der Waals surface area contributed by atoms with Crippen LogP contribution < -0.4 is 10.6 Å². The largest absolute Gasteiger partial charge is 0.321 e. The maximum atomic E-state index is 14.0. The average molecular weight is 450 g/mol. The number of carbonyl (C=O) groups excluding carboxylic acids is 2. The molecule has 0 aromatic heterocycles. The molecular formula is C22H15FN4O6. The van der Waals surface area contributed by atoms with Crippen LogP contribution in [-0.4, -0.2) is 21.7 Å². The van der Waals surface area contributed by atoms with Gasteiger partial charge in [-0.1, -0.05) is 24.3 Å². The molecule has 2 amide bonds. The fourth-order valence-electron chi connectivity index (χ4n) is 2.75. The number of hydrogen-bond donors (Lipinski definition) is 2. The van der Waals surface area contributed by atoms with Gasteiger partial charge in [-0.25, -0.2) is 4.39 Å². The van der Waals surface area contributed by atoms with Crippen molar-refractivity contribution in [1.82, 2.24) is 5.32 Å². The van der Waals surface area contributed by atoms with Crippen LogP contribution in [0.2, 0.25) is 0 Å². The van der Waals surface area contributed by atoms with E-state index in [9.17, 15) is 34.2 Å². The zero-order chi connectivity index (χ0) is 24.0. The summed E-state index contributed by atoms with van der Waals surface area (Å²) in [6.45, 7) is 0. The molecule has 3 aromatic rings. The number of non-ortho nitro benzene ring substituents is 2. The van der Waals surface area contributed by atoms with Crippen molar-refractivity contribution in [3.8, 4) is 0 Å². The maximum Gasteiger partial charge on any atom is 0.272 e. The Bertz CT molecular complexity index is 1270. The van der Waals surface area contributed by atoms with E-state index >= 15 is 0 Å². The molecule has 0 atom stereocenters. The lowest BCUT2D eigenvalue weighted by atomic mass is 10.1. The minimum Gasteiger partial charge on any atom is -0.321 e. The Balaban J connectivity index is 1.93. The summed E-state index contributed by atoms with van der Waals surface area (Å²) in [6.07, 6.45) is 1.19. The van der Waals surface area contributed by atoms with E-state index in [0.29, 0.717) is 0 Å². The van der Waals surface area contributed by atoms with Crippen molar-refractivity contribution in [2.75, 3.05) is 5.32 Å². The van der Waals surface area contributed by atoms with Crippen LogP contribution in [0.3, 0.4) is 0 Å². The number of benzene rings is 3. The second kappa shape index (κ2) is 9.92. The number of amides is 2. The van der Waals surface area contributed by atoms with Gasteiger partial charge in [0.25, 0.3) is 23.2 Å². The molecule has 0 bridgehead atoms. The topological polar surface area (TPSA) is 144 Å². The van der Waals surface area contributed by atoms with Crippen LogP contribution in [0.4, 0.5) is 21.5 Å². The van der Waals surface area contributed by atoms with Crippen molar-refractivity contribution in [2.24, 2.45) is 0 Å². The Morgan fingerprint density at radius 3 is 2.15 bits per heavy atom. The van der Waals surface area contributed by atoms with Crippen LogP contribution in [0.25, 0.3) is 6.08 Å². The number of nitrogens with zero attached hydrogens (tertiary/aromatic N) is 2. The van der Waals surface area contributed by atoms with E-state index in [1.165, 1.54) is 72.8 Å². The normalized spacial score (nSPS) is 10.9. The highest BCUT2D eigenvalue weighted by atomic mass is 19.1. The van der Waals surface area contributed by atoms with Crippen molar-refractivity contribution < 1.29 is 23.8 Å². The molecular weight excluding hydrogens is 435 g/mol. The molecule has 33 heavy (non-hydrogen) atoms. The van der Waals surface area contributed by atoms with Gasteiger partial charge in [-0.2, -0.15) is 0 Å². The van der Waals surface area contributed by atoms with Crippen LogP contribution in [0, 0.1) is 26.0 Å². The first-order chi connectivity index (χ1) is 15.7. The molecule has 0 aliphatic carbocycles. The van der Waals surface area contributed by atoms with Crippen molar-refractivity contribution in [3.63, 3.8) is 0 Å². The molecule has 0 aliphatic heterocycles. The summed E-state index contributed by atoms with van der Waals surface area (Å²) in [4.78, 5) is 46.0. The van der Waals surface area contributed by atoms with E-state index in [-0.39, 0.29) is 33.9 Å². The molecule has 0 aliphatic rings. The van der Waals surface area contributed by atoms with Gasteiger partial charge >= 0.3 is 0 Å². The van der Waals surface area contributed by atoms with E-state index < -0.39 is 27.5 Å². The molecule has 0 heterocycles. The number of rotatable bonds is 7. The van der Waals surface area contributed by atoms with Gasteiger partial charge in [0.2, 0.25) is 0 Å². The molecule has 3 rings (SSSR count). The minimum absolute atomic E-state index is 0.187. The number of nitro groups is 2. The molecule has 11 heteroatoms. The van der Waals surface area contributed by atoms with Gasteiger partial charge in [0.05, 0.1) is 15.4 Å². The highest BCUT2D eigenvalue weighted by Gasteiger charge is 2.18. The number of hydrogen-bond acceptors (Lipinski definition) is 6. The third-order valence-electron chi connectivity index (χ3n) is 4.34. The predicted octanol–water partition coefficient (Wildman–Crippen LogP) is 4.05. The number of halogens is 1. The number of nitro benzene ring substituents is 2. The highest BCUT2D eigenvalue weighted by molar-refractivity contribution is 6.10. The third kappa shape index (κ3) is 5.82. The standard InChI is InChI=1S/C22H15FN4O6/c23-19-7-2-1-6-18(19)21(28)25-20(13-14-4-3-5-17(12-14)27(32)33)22(29)24-15-8-10-16(11-9-15)26(30)31/h1-13H,(H,24,29)(H,25,28). The number of nitrogens with one attached hydrogen (secondary N) is 2. The molecule has 0 saturated heterocycles. The molecule has 0 spiro atoms. The zero-order valence-electron chi connectivity index (χ0n) is 16.7. The molecule has 0 unspecified atom stereocenters. The summed E-state index contributed by atoms with van der Waals surface area (Å²) < 4.78 is 14.0. The molecule has 3 aromatic carbocycles. The van der Waals surface area contributed by atoms with Crippen LogP contribution >= 0.6 is 0 Å². The smallest absolute Gasteiger partial charge is 0.272 e. The van der Waals surface area contributed by atoms with Crippen LogP contribution in [0.15, 0.2) is 78.5 Å². The highest BCUT2D eigenvalue weighted by Crippen LogP contribution is 2.18. The second-order valence-electron chi connectivity index (χ2n) is 6.60. The van der Waals surface area contributed by atoms with Crippen LogP contribution in [-0.2, 0) is 4.79 Å². The van der Waals surface area contributed by atoms with Gasteiger partial charge in [0.1, 0.15) is 11.5 Å². The first kappa shape index (κ1) is 22.7. The van der Waals surface area contributed by atoms with Gasteiger partial charge in [-0.3, -0.25) is 29.8 Å². The monoisotopic (exact) mass is 450 g/mol. The lowest BCUT2D eigenvalue weighted by Crippen LogP contribution is -2.31. The van der Waals surface area contributed by atoms with Gasteiger partial charge in [-0.15, -0.1) is 0 Å². The first-order valence-electron chi connectivity index (χ1n) is 9.32. The summed E-state index contributed by atoms with van der Waals surface area (Å²) in [5.74, 6) is -2.55. The van der Waals surface area contributed by atoms with Gasteiger partial charge in [-0.05, 0) is 35.9 Å². The predicted molar refractivity (Wildman–Crippen MR) is 117 cm³/mol. The Morgan fingerprint density at radius 2 is 1.52 bits per heavy atom. The van der Waals surface area contributed by atoms with E-state index in [4.69, 9.17) is 0 Å². The summed E-state index contributed by atoms with van der Waals surface area (Å²) in [5, 5.41) is 26.6. The molecule has 0 radical (unpaired) electrons. The zero-order valence-corrected chi connectivity index (χ0v) is 16.7. The number of anilines is 1. The summed E-state index contributed by atoms with van der Waals surface area (Å²) in [5.41, 5.74) is -0.650. The molecule has 166 valence electrons. The SMILES string of the molecule is O=C(Nc1ccc([N+](=O)[O-])cc1)C(=Cc1cccc([N+](=O)[O-])c1)NC(=O)c1ccccc1F. The fourth-order valence-corrected chi connectivity index (χ4v) is 2.75. The molecule has 2 N–H and O–H groups in total. The Labute approximate surface area is 185 Å². The summed E-state index contributed by atoms with van der Waals surface area (Å²) in [7, 11) is 0. The third-order valence-corrected chi connectivity index (χ3v) is 4.34. The van der Waals surface area contributed by atoms with Gasteiger partial charge in [0.15, 0.2) is 0 Å². The van der Waals surface area contributed by atoms with Crippen molar-refractivity contribution in [3.05, 3.63) is 116 Å². The summed E-state index contributed by atoms with van der Waals surface area (Å²) in [6, 6.07) is 15.4. The quantitative estimate of drug-likeness (QED) is 0.316. The Kier molecular flexibility index (Phi) is 6.84. The molecule has 10 nitrogen and oxygen atoms in total. The average Bonchev–Trinajstić information content (AvgIpc) is 2.79. The lowest BCUT2D eigenvalue weighted by Gasteiger charge is -2.12. The number of carbonyl (C=O) groups is 2. The Morgan fingerprint density at radius 1 is 0.848 bits per heavy atom. The van der Waals surface area contributed by atoms with Crippen LogP contribution in [0.1, 0.15) is 15.9 Å². The van der Waals surface area contributed by atoms with Gasteiger partial charge in [0, 0.05) is 30.0 Å². The maximum absolute atomic E-state index is 14.0. The Hall–Kier alpha value is -4.93. The first-order valence-corrected chi connectivity index (χ1v) is 9.32. The van der Waals surface area contributed by atoms with E-state index in [0.717, 1.165) is 6.07 Å². The van der Waals surface area contributed by atoms with Crippen molar-refractivity contribution >= 4 is 35.0 Å². The van der Waals surface area contributed by atoms with Crippen molar-refractivity contribution in [1.29, 1.82) is 0 Å². The minimum atomic E-state index is -0.913. The van der Waals surface area contributed by atoms with Crippen molar-refractivity contribution in [2.45, 2.75) is 0 Å². The van der Waals surface area contributed by atoms with Gasteiger partial charge < -0.3 is 10.6 Å². The van der Waals surface area contributed by atoms with E-state index in [1.54, 1.807) is 0 Å². The molecule has 0 saturated carbocycles.